The van der Waals surface area contributed by atoms with Crippen LogP contribution in [0.2, 0.25) is 0 Å². The number of nitrogens with one attached hydrogen (secondary N) is 1. The van der Waals surface area contributed by atoms with E-state index in [1.54, 1.807) is 6.07 Å². The Bertz CT molecular complexity index is 593. The highest BCUT2D eigenvalue weighted by Gasteiger charge is 2.20. The van der Waals surface area contributed by atoms with Gasteiger partial charge in [0.15, 0.2) is 0 Å². The quantitative estimate of drug-likeness (QED) is 0.836. The third-order valence-corrected chi connectivity index (χ3v) is 5.57. The first-order valence-corrected chi connectivity index (χ1v) is 8.84. The van der Waals surface area contributed by atoms with Crippen LogP contribution in [0.25, 0.3) is 0 Å². The molecule has 3 N–H and O–H groups in total. The summed E-state index contributed by atoms with van der Waals surface area (Å²) in [6.45, 7) is 5.25. The summed E-state index contributed by atoms with van der Waals surface area (Å²) in [5, 5.41) is 0. The average Bonchev–Trinajstić information content (AvgIpc) is 2.94. The molecular weight excluding hydrogens is 288 g/mol. The third-order valence-electron chi connectivity index (χ3n) is 3.99. The van der Waals surface area contributed by atoms with E-state index in [4.69, 9.17) is 10.5 Å². The van der Waals surface area contributed by atoms with E-state index in [2.05, 4.69) is 4.72 Å². The number of sulfonamides is 1. The molecule has 1 fully saturated rings. The van der Waals surface area contributed by atoms with Gasteiger partial charge in [-0.3, -0.25) is 0 Å². The van der Waals surface area contributed by atoms with Gasteiger partial charge < -0.3 is 10.5 Å². The lowest BCUT2D eigenvalue weighted by molar-refractivity contribution is 0.105. The summed E-state index contributed by atoms with van der Waals surface area (Å²) in [5.41, 5.74) is 8.18. The van der Waals surface area contributed by atoms with E-state index in [1.165, 1.54) is 0 Å². The maximum atomic E-state index is 12.5. The largest absolute Gasteiger partial charge is 0.378 e. The highest BCUT2D eigenvalue weighted by molar-refractivity contribution is 7.89. The lowest BCUT2D eigenvalue weighted by atomic mass is 10.1. The lowest BCUT2D eigenvalue weighted by Crippen LogP contribution is -2.28. The van der Waals surface area contributed by atoms with E-state index >= 15 is 0 Å². The van der Waals surface area contributed by atoms with Crippen molar-refractivity contribution in [2.45, 2.75) is 50.7 Å². The summed E-state index contributed by atoms with van der Waals surface area (Å²) in [7, 11) is -3.50. The predicted octanol–water partition coefficient (Wildman–Crippen LogP) is 1.61. The van der Waals surface area contributed by atoms with Gasteiger partial charge in [-0.15, -0.1) is 0 Å². The van der Waals surface area contributed by atoms with Crippen molar-refractivity contribution in [1.82, 2.24) is 4.72 Å². The first kappa shape index (κ1) is 16.4. The highest BCUT2D eigenvalue weighted by Crippen LogP contribution is 2.21. The monoisotopic (exact) mass is 312 g/mol. The summed E-state index contributed by atoms with van der Waals surface area (Å²) in [4.78, 5) is 0.329. The van der Waals surface area contributed by atoms with Crippen LogP contribution < -0.4 is 10.5 Å². The van der Waals surface area contributed by atoms with Crippen LogP contribution in [0.1, 0.15) is 36.0 Å². The van der Waals surface area contributed by atoms with Gasteiger partial charge in [0.25, 0.3) is 0 Å². The topological polar surface area (TPSA) is 81.4 Å². The molecule has 0 bridgehead atoms. The zero-order valence-corrected chi connectivity index (χ0v) is 13.5. The molecule has 1 aromatic carbocycles. The minimum absolute atomic E-state index is 0.186. The summed E-state index contributed by atoms with van der Waals surface area (Å²) < 4.78 is 33.1. The second kappa shape index (κ2) is 6.87. The SMILES string of the molecule is Cc1cc(CN)cc(S(=O)(=O)NCCC2CCCO2)c1C. The van der Waals surface area contributed by atoms with Crippen molar-refractivity contribution in [3.8, 4) is 0 Å². The number of ether oxygens (including phenoxy) is 1. The maximum absolute atomic E-state index is 12.5. The zero-order valence-electron chi connectivity index (χ0n) is 12.7. The number of hydrogen-bond donors (Lipinski definition) is 2. The lowest BCUT2D eigenvalue weighted by Gasteiger charge is -2.14. The fourth-order valence-corrected chi connectivity index (χ4v) is 4.01. The molecular formula is C15H24N2O3S. The molecule has 0 saturated carbocycles. The molecule has 1 aromatic rings. The molecule has 6 heteroatoms. The van der Waals surface area contributed by atoms with E-state index in [1.807, 2.05) is 19.9 Å². The molecule has 2 rings (SSSR count). The van der Waals surface area contributed by atoms with Gasteiger partial charge in [-0.2, -0.15) is 0 Å². The molecule has 1 saturated heterocycles. The van der Waals surface area contributed by atoms with Gasteiger partial charge in [-0.05, 0) is 55.9 Å². The summed E-state index contributed by atoms with van der Waals surface area (Å²) in [6.07, 6.45) is 2.98. The Kier molecular flexibility index (Phi) is 5.37. The zero-order chi connectivity index (χ0) is 15.5. The van der Waals surface area contributed by atoms with Gasteiger partial charge in [0.1, 0.15) is 0 Å². The van der Waals surface area contributed by atoms with Crippen LogP contribution in [0, 0.1) is 13.8 Å². The van der Waals surface area contributed by atoms with Gasteiger partial charge in [-0.1, -0.05) is 6.07 Å². The van der Waals surface area contributed by atoms with Crippen LogP contribution in [0.5, 0.6) is 0 Å². The molecule has 0 amide bonds. The van der Waals surface area contributed by atoms with Crippen molar-refractivity contribution < 1.29 is 13.2 Å². The van der Waals surface area contributed by atoms with E-state index in [0.717, 1.165) is 36.1 Å². The molecule has 118 valence electrons. The summed E-state index contributed by atoms with van der Waals surface area (Å²) in [6, 6.07) is 3.59. The van der Waals surface area contributed by atoms with Gasteiger partial charge in [0, 0.05) is 19.7 Å². The molecule has 0 spiro atoms. The Labute approximate surface area is 126 Å². The van der Waals surface area contributed by atoms with Crippen LogP contribution in [0.4, 0.5) is 0 Å². The Morgan fingerprint density at radius 3 is 2.76 bits per heavy atom. The molecule has 5 nitrogen and oxygen atoms in total. The molecule has 1 unspecified atom stereocenters. The van der Waals surface area contributed by atoms with Crippen molar-refractivity contribution in [3.05, 3.63) is 28.8 Å². The second-order valence-corrected chi connectivity index (χ2v) is 7.30. The van der Waals surface area contributed by atoms with Gasteiger partial charge in [0.05, 0.1) is 11.0 Å². The van der Waals surface area contributed by atoms with Crippen LogP contribution in [0.15, 0.2) is 17.0 Å². The van der Waals surface area contributed by atoms with E-state index in [9.17, 15) is 8.42 Å². The number of hydrogen-bond acceptors (Lipinski definition) is 4. The fourth-order valence-electron chi connectivity index (χ4n) is 2.60. The van der Waals surface area contributed by atoms with Crippen LogP contribution in [-0.4, -0.2) is 27.7 Å². The van der Waals surface area contributed by atoms with Crippen LogP contribution in [0.3, 0.4) is 0 Å². The Hall–Kier alpha value is -0.950. The molecule has 0 aromatic heterocycles. The van der Waals surface area contributed by atoms with Crippen molar-refractivity contribution in [2.75, 3.05) is 13.2 Å². The molecule has 0 radical (unpaired) electrons. The number of aryl methyl sites for hydroxylation is 1. The molecule has 1 atom stereocenters. The Balaban J connectivity index is 2.09. The second-order valence-electron chi connectivity index (χ2n) is 5.56. The number of nitrogens with two attached hydrogens (primary N) is 1. The van der Waals surface area contributed by atoms with Crippen molar-refractivity contribution in [2.24, 2.45) is 5.73 Å². The van der Waals surface area contributed by atoms with E-state index in [0.29, 0.717) is 24.4 Å². The van der Waals surface area contributed by atoms with Crippen LogP contribution >= 0.6 is 0 Å². The van der Waals surface area contributed by atoms with Gasteiger partial charge in [-0.25, -0.2) is 13.1 Å². The summed E-state index contributed by atoms with van der Waals surface area (Å²) >= 11 is 0. The predicted molar refractivity (Wildman–Crippen MR) is 82.6 cm³/mol. The smallest absolute Gasteiger partial charge is 0.240 e. The minimum atomic E-state index is -3.50. The number of benzene rings is 1. The standard InChI is InChI=1S/C15H24N2O3S/c1-11-8-13(10-16)9-15(12(11)2)21(18,19)17-6-5-14-4-3-7-20-14/h8-9,14,17H,3-7,10,16H2,1-2H3. The fraction of sp³-hybridized carbons (Fsp3) is 0.600. The molecule has 0 aliphatic carbocycles. The van der Waals surface area contributed by atoms with Crippen molar-refractivity contribution in [3.63, 3.8) is 0 Å². The van der Waals surface area contributed by atoms with Crippen LogP contribution in [-0.2, 0) is 21.3 Å². The summed E-state index contributed by atoms with van der Waals surface area (Å²) in [5.74, 6) is 0. The molecule has 1 aliphatic heterocycles. The van der Waals surface area contributed by atoms with E-state index < -0.39 is 10.0 Å². The van der Waals surface area contributed by atoms with Crippen molar-refractivity contribution >= 4 is 10.0 Å². The Morgan fingerprint density at radius 1 is 1.38 bits per heavy atom. The first-order valence-electron chi connectivity index (χ1n) is 7.35. The normalized spacial score (nSPS) is 19.1. The highest BCUT2D eigenvalue weighted by atomic mass is 32.2. The minimum Gasteiger partial charge on any atom is -0.378 e. The molecule has 21 heavy (non-hydrogen) atoms. The average molecular weight is 312 g/mol. The van der Waals surface area contributed by atoms with Crippen molar-refractivity contribution in [1.29, 1.82) is 0 Å². The Morgan fingerprint density at radius 2 is 2.14 bits per heavy atom. The maximum Gasteiger partial charge on any atom is 0.240 e. The van der Waals surface area contributed by atoms with E-state index in [-0.39, 0.29) is 6.10 Å². The number of rotatable bonds is 6. The first-order chi connectivity index (χ1) is 9.94. The van der Waals surface area contributed by atoms with Gasteiger partial charge >= 0.3 is 0 Å². The third kappa shape index (κ3) is 4.03. The van der Waals surface area contributed by atoms with Gasteiger partial charge in [0.2, 0.25) is 10.0 Å². The molecule has 1 aliphatic rings. The molecule has 1 heterocycles.